The van der Waals surface area contributed by atoms with Gasteiger partial charge in [0.1, 0.15) is 5.82 Å². The number of aliphatic hydroxyl groups is 1. The van der Waals surface area contributed by atoms with Crippen LogP contribution in [0.5, 0.6) is 0 Å². The molecule has 1 aliphatic rings. The molecular formula is C15H22FNO3S. The van der Waals surface area contributed by atoms with Crippen LogP contribution in [-0.4, -0.2) is 30.9 Å². The molecule has 0 bridgehead atoms. The minimum Gasteiger partial charge on any atom is -0.392 e. The molecule has 1 aromatic rings. The fourth-order valence-electron chi connectivity index (χ4n) is 2.54. The van der Waals surface area contributed by atoms with Crippen LogP contribution in [0.2, 0.25) is 0 Å². The lowest BCUT2D eigenvalue weighted by Crippen LogP contribution is -2.41. The molecule has 1 aliphatic heterocycles. The van der Waals surface area contributed by atoms with E-state index in [2.05, 4.69) is 13.8 Å². The van der Waals surface area contributed by atoms with E-state index in [9.17, 15) is 12.8 Å². The number of sulfonamides is 1. The fraction of sp³-hybridized carbons (Fsp3) is 0.600. The maximum Gasteiger partial charge on any atom is 0.243 e. The highest BCUT2D eigenvalue weighted by Crippen LogP contribution is 2.33. The first-order chi connectivity index (χ1) is 9.67. The first kappa shape index (κ1) is 16.4. The van der Waals surface area contributed by atoms with E-state index in [1.165, 1.54) is 23.4 Å². The van der Waals surface area contributed by atoms with Gasteiger partial charge in [0, 0.05) is 18.7 Å². The molecule has 0 spiro atoms. The summed E-state index contributed by atoms with van der Waals surface area (Å²) in [5.41, 5.74) is 0.519. The summed E-state index contributed by atoms with van der Waals surface area (Å²) in [6.07, 6.45) is 1.57. The van der Waals surface area contributed by atoms with Gasteiger partial charge in [-0.15, -0.1) is 0 Å². The second kappa shape index (κ2) is 5.66. The van der Waals surface area contributed by atoms with Crippen molar-refractivity contribution in [3.8, 4) is 0 Å². The zero-order valence-corrected chi connectivity index (χ0v) is 13.5. The van der Waals surface area contributed by atoms with Crippen LogP contribution in [0.25, 0.3) is 0 Å². The second-order valence-corrected chi connectivity index (χ2v) is 8.33. The van der Waals surface area contributed by atoms with Crippen LogP contribution in [0.15, 0.2) is 17.0 Å². The number of hydrogen-bond donors (Lipinski definition) is 1. The lowest BCUT2D eigenvalue weighted by atomic mass is 9.83. The quantitative estimate of drug-likeness (QED) is 0.932. The molecule has 0 saturated carbocycles. The third kappa shape index (κ3) is 3.27. The van der Waals surface area contributed by atoms with Gasteiger partial charge in [-0.3, -0.25) is 0 Å². The lowest BCUT2D eigenvalue weighted by molar-refractivity contribution is 0.195. The van der Waals surface area contributed by atoms with Crippen LogP contribution in [0, 0.1) is 18.2 Å². The Morgan fingerprint density at radius 3 is 2.38 bits per heavy atom. The molecule has 1 saturated heterocycles. The highest BCUT2D eigenvalue weighted by Gasteiger charge is 2.34. The van der Waals surface area contributed by atoms with Gasteiger partial charge >= 0.3 is 0 Å². The predicted octanol–water partition coefficient (Wildman–Crippen LogP) is 2.44. The molecular weight excluding hydrogens is 293 g/mol. The van der Waals surface area contributed by atoms with Crippen LogP contribution in [0.4, 0.5) is 4.39 Å². The summed E-state index contributed by atoms with van der Waals surface area (Å²) < 4.78 is 40.7. The zero-order chi connectivity index (χ0) is 15.8. The Morgan fingerprint density at radius 2 is 1.86 bits per heavy atom. The number of halogens is 1. The molecule has 0 aliphatic carbocycles. The molecule has 4 nitrogen and oxygen atoms in total. The van der Waals surface area contributed by atoms with Crippen molar-refractivity contribution in [1.82, 2.24) is 4.31 Å². The van der Waals surface area contributed by atoms with Crippen molar-refractivity contribution in [1.29, 1.82) is 0 Å². The van der Waals surface area contributed by atoms with E-state index in [1.807, 2.05) is 0 Å². The molecule has 0 radical (unpaired) electrons. The van der Waals surface area contributed by atoms with E-state index < -0.39 is 15.8 Å². The van der Waals surface area contributed by atoms with Crippen LogP contribution in [0.1, 0.15) is 37.8 Å². The Morgan fingerprint density at radius 1 is 1.29 bits per heavy atom. The van der Waals surface area contributed by atoms with Crippen molar-refractivity contribution in [3.05, 3.63) is 29.1 Å². The van der Waals surface area contributed by atoms with E-state index in [1.54, 1.807) is 0 Å². The van der Waals surface area contributed by atoms with Crippen molar-refractivity contribution in [2.24, 2.45) is 5.41 Å². The van der Waals surface area contributed by atoms with E-state index in [-0.39, 0.29) is 28.0 Å². The van der Waals surface area contributed by atoms with E-state index in [0.29, 0.717) is 13.1 Å². The number of hydrogen-bond acceptors (Lipinski definition) is 3. The molecule has 1 aromatic carbocycles. The van der Waals surface area contributed by atoms with E-state index in [4.69, 9.17) is 5.11 Å². The molecule has 1 N–H and O–H groups in total. The molecule has 6 heteroatoms. The number of piperidine rings is 1. The summed E-state index contributed by atoms with van der Waals surface area (Å²) in [7, 11) is -3.72. The molecule has 1 heterocycles. The minimum atomic E-state index is -3.72. The first-order valence-corrected chi connectivity index (χ1v) is 8.51. The summed E-state index contributed by atoms with van der Waals surface area (Å²) in [5, 5.41) is 9.15. The Hall–Kier alpha value is -0.980. The summed E-state index contributed by atoms with van der Waals surface area (Å²) in [6.45, 7) is 6.20. The number of benzene rings is 1. The van der Waals surface area contributed by atoms with Crippen molar-refractivity contribution in [2.75, 3.05) is 13.1 Å². The predicted molar refractivity (Wildman–Crippen MR) is 78.8 cm³/mol. The van der Waals surface area contributed by atoms with Crippen molar-refractivity contribution < 1.29 is 17.9 Å². The Bertz CT molecular complexity index is 631. The Kier molecular flexibility index (Phi) is 4.42. The van der Waals surface area contributed by atoms with E-state index >= 15 is 0 Å². The second-order valence-electron chi connectivity index (χ2n) is 6.43. The van der Waals surface area contributed by atoms with Gasteiger partial charge in [-0.25, -0.2) is 12.8 Å². The molecule has 21 heavy (non-hydrogen) atoms. The molecule has 0 atom stereocenters. The molecule has 0 amide bonds. The smallest absolute Gasteiger partial charge is 0.243 e. The summed E-state index contributed by atoms with van der Waals surface area (Å²) in [4.78, 5) is -0.0359. The normalized spacial score (nSPS) is 19.7. The van der Waals surface area contributed by atoms with Crippen LogP contribution < -0.4 is 0 Å². The maximum absolute atomic E-state index is 13.9. The topological polar surface area (TPSA) is 57.6 Å². The van der Waals surface area contributed by atoms with E-state index in [0.717, 1.165) is 12.8 Å². The third-order valence-corrected chi connectivity index (χ3v) is 6.26. The van der Waals surface area contributed by atoms with Gasteiger partial charge in [0.25, 0.3) is 0 Å². The molecule has 2 rings (SSSR count). The van der Waals surface area contributed by atoms with Crippen molar-refractivity contribution in [2.45, 2.75) is 45.1 Å². The van der Waals surface area contributed by atoms with Crippen molar-refractivity contribution >= 4 is 10.0 Å². The number of nitrogens with zero attached hydrogens (tertiary/aromatic N) is 1. The highest BCUT2D eigenvalue weighted by molar-refractivity contribution is 7.89. The minimum absolute atomic E-state index is 0.0359. The van der Waals surface area contributed by atoms with Crippen molar-refractivity contribution in [3.63, 3.8) is 0 Å². The average molecular weight is 315 g/mol. The first-order valence-electron chi connectivity index (χ1n) is 7.07. The molecule has 1 fully saturated rings. The van der Waals surface area contributed by atoms with Crippen LogP contribution in [-0.2, 0) is 16.6 Å². The van der Waals surface area contributed by atoms with Gasteiger partial charge in [-0.05, 0) is 42.9 Å². The van der Waals surface area contributed by atoms with Gasteiger partial charge in [0.05, 0.1) is 11.5 Å². The molecule has 0 aromatic heterocycles. The number of rotatable bonds is 3. The standard InChI is InChI=1S/C15H22FNO3S/c1-11-13(16)8-12(10-18)9-14(11)21(19,20)17-6-4-15(2,3)5-7-17/h8-9,18H,4-7,10H2,1-3H3. The maximum atomic E-state index is 13.9. The summed E-state index contributed by atoms with van der Waals surface area (Å²) >= 11 is 0. The highest BCUT2D eigenvalue weighted by atomic mass is 32.2. The lowest BCUT2D eigenvalue weighted by Gasteiger charge is -2.36. The third-order valence-electron chi connectivity index (χ3n) is 4.23. The average Bonchev–Trinajstić information content (AvgIpc) is 2.41. The fourth-order valence-corrected chi connectivity index (χ4v) is 4.26. The Balaban J connectivity index is 2.39. The SMILES string of the molecule is Cc1c(F)cc(CO)cc1S(=O)(=O)N1CCC(C)(C)CC1. The van der Waals surface area contributed by atoms with Gasteiger partial charge in [0.15, 0.2) is 0 Å². The number of aliphatic hydroxyl groups excluding tert-OH is 1. The van der Waals surface area contributed by atoms with Gasteiger partial charge in [-0.2, -0.15) is 4.31 Å². The largest absolute Gasteiger partial charge is 0.392 e. The van der Waals surface area contributed by atoms with Gasteiger partial charge in [-0.1, -0.05) is 13.8 Å². The van der Waals surface area contributed by atoms with Crippen LogP contribution >= 0.6 is 0 Å². The monoisotopic (exact) mass is 315 g/mol. The van der Waals surface area contributed by atoms with Gasteiger partial charge < -0.3 is 5.11 Å². The van der Waals surface area contributed by atoms with Crippen LogP contribution in [0.3, 0.4) is 0 Å². The Labute approximate surface area is 125 Å². The molecule has 118 valence electrons. The zero-order valence-electron chi connectivity index (χ0n) is 12.7. The van der Waals surface area contributed by atoms with Gasteiger partial charge in [0.2, 0.25) is 10.0 Å². The molecule has 0 unspecified atom stereocenters. The summed E-state index contributed by atoms with van der Waals surface area (Å²) in [5.74, 6) is -0.600. The summed E-state index contributed by atoms with van der Waals surface area (Å²) in [6, 6.07) is 2.54.